The number of carbonyl (C=O) groups is 1. The third-order valence-electron chi connectivity index (χ3n) is 6.63. The molecule has 5 rings (SSSR count). The molecule has 1 aromatic heterocycles. The number of hydrogen-bond donors (Lipinski definition) is 0. The largest absolute Gasteiger partial charge is 0.378 e. The second kappa shape index (κ2) is 12.5. The first-order valence-corrected chi connectivity index (χ1v) is 15.8. The lowest BCUT2D eigenvalue weighted by atomic mass is 10.1. The summed E-state index contributed by atoms with van der Waals surface area (Å²) in [5.41, 5.74) is 2.79. The third-order valence-corrected chi connectivity index (χ3v) is 9.57. The van der Waals surface area contributed by atoms with E-state index >= 15 is 0 Å². The molecule has 40 heavy (non-hydrogen) atoms. The molecule has 3 aromatic rings. The number of benzene rings is 2. The standard InChI is InChI=1S/C29H33N5O4S2/c1-3-13-33(14-4-2)40(36,37)25-12-8-9-22(19-25)27-23(21-34(31-27)24-10-6-5-7-11-24)20-26-28(35)30-29(39-26)32-15-17-38-18-16-32/h5-12,19-21H,3-4,13-18H2,1-2H3/b26-20-. The van der Waals surface area contributed by atoms with Gasteiger partial charge in [-0.3, -0.25) is 4.79 Å². The third kappa shape index (κ3) is 6.07. The molecular weight excluding hydrogens is 546 g/mol. The first-order valence-electron chi connectivity index (χ1n) is 13.5. The Hall–Kier alpha value is -3.25. The number of amides is 1. The fraction of sp³-hybridized carbons (Fsp3) is 0.345. The predicted molar refractivity (Wildman–Crippen MR) is 159 cm³/mol. The highest BCUT2D eigenvalue weighted by molar-refractivity contribution is 8.18. The summed E-state index contributed by atoms with van der Waals surface area (Å²) in [7, 11) is -3.67. The minimum Gasteiger partial charge on any atom is -0.378 e. The van der Waals surface area contributed by atoms with Gasteiger partial charge in [-0.05, 0) is 54.9 Å². The van der Waals surface area contributed by atoms with Crippen LogP contribution in [0.1, 0.15) is 32.3 Å². The van der Waals surface area contributed by atoms with Gasteiger partial charge in [0.25, 0.3) is 5.91 Å². The summed E-state index contributed by atoms with van der Waals surface area (Å²) >= 11 is 1.34. The Morgan fingerprint density at radius 1 is 1.02 bits per heavy atom. The lowest BCUT2D eigenvalue weighted by molar-refractivity contribution is -0.113. The van der Waals surface area contributed by atoms with Crippen LogP contribution >= 0.6 is 11.8 Å². The number of thioether (sulfide) groups is 1. The van der Waals surface area contributed by atoms with Gasteiger partial charge in [0.15, 0.2) is 5.17 Å². The van der Waals surface area contributed by atoms with Crippen molar-refractivity contribution < 1.29 is 17.9 Å². The van der Waals surface area contributed by atoms with Crippen LogP contribution in [0.25, 0.3) is 23.0 Å². The van der Waals surface area contributed by atoms with Crippen LogP contribution in [-0.2, 0) is 19.6 Å². The highest BCUT2D eigenvalue weighted by Gasteiger charge is 2.28. The maximum Gasteiger partial charge on any atom is 0.286 e. The van der Waals surface area contributed by atoms with Gasteiger partial charge in [0.2, 0.25) is 10.0 Å². The van der Waals surface area contributed by atoms with E-state index in [-0.39, 0.29) is 10.8 Å². The summed E-state index contributed by atoms with van der Waals surface area (Å²) in [6, 6.07) is 16.6. The number of amidine groups is 1. The average molecular weight is 580 g/mol. The number of aromatic nitrogens is 2. The van der Waals surface area contributed by atoms with Crippen molar-refractivity contribution in [3.05, 3.63) is 71.3 Å². The molecule has 2 aliphatic rings. The highest BCUT2D eigenvalue weighted by atomic mass is 32.2. The van der Waals surface area contributed by atoms with E-state index in [9.17, 15) is 13.2 Å². The minimum absolute atomic E-state index is 0.226. The van der Waals surface area contributed by atoms with Gasteiger partial charge >= 0.3 is 0 Å². The Morgan fingerprint density at radius 2 is 1.75 bits per heavy atom. The number of aliphatic imine (C=N–C) groups is 1. The normalized spacial score (nSPS) is 17.2. The Bertz CT molecular complexity index is 1520. The van der Waals surface area contributed by atoms with Gasteiger partial charge in [-0.2, -0.15) is 14.4 Å². The molecule has 2 aliphatic heterocycles. The van der Waals surface area contributed by atoms with E-state index in [1.807, 2.05) is 56.4 Å². The number of carbonyl (C=O) groups excluding carboxylic acids is 1. The van der Waals surface area contributed by atoms with Crippen LogP contribution in [0.5, 0.6) is 0 Å². The van der Waals surface area contributed by atoms with Crippen LogP contribution in [0, 0.1) is 0 Å². The number of hydrogen-bond acceptors (Lipinski definition) is 7. The molecule has 9 nitrogen and oxygen atoms in total. The first kappa shape index (κ1) is 28.3. The molecular formula is C29H33N5O4S2. The minimum atomic E-state index is -3.67. The van der Waals surface area contributed by atoms with Crippen molar-refractivity contribution in [1.82, 2.24) is 19.0 Å². The lowest BCUT2D eigenvalue weighted by Crippen LogP contribution is -2.38. The van der Waals surface area contributed by atoms with Gasteiger partial charge in [-0.15, -0.1) is 0 Å². The van der Waals surface area contributed by atoms with Crippen molar-refractivity contribution in [3.63, 3.8) is 0 Å². The summed E-state index contributed by atoms with van der Waals surface area (Å²) in [5, 5.41) is 5.52. The van der Waals surface area contributed by atoms with E-state index in [0.717, 1.165) is 18.5 Å². The van der Waals surface area contributed by atoms with Crippen molar-refractivity contribution in [3.8, 4) is 16.9 Å². The van der Waals surface area contributed by atoms with Crippen molar-refractivity contribution in [2.75, 3.05) is 39.4 Å². The Kier molecular flexibility index (Phi) is 8.84. The monoisotopic (exact) mass is 579 g/mol. The molecule has 0 aliphatic carbocycles. The van der Waals surface area contributed by atoms with Crippen LogP contribution in [0.15, 0.2) is 75.6 Å². The van der Waals surface area contributed by atoms with Gasteiger partial charge in [-0.25, -0.2) is 13.1 Å². The molecule has 1 amide bonds. The topological polar surface area (TPSA) is 97.1 Å². The molecule has 0 spiro atoms. The van der Waals surface area contributed by atoms with E-state index in [1.165, 1.54) is 16.1 Å². The second-order valence-corrected chi connectivity index (χ2v) is 12.5. The van der Waals surface area contributed by atoms with Crippen LogP contribution in [0.2, 0.25) is 0 Å². The molecule has 0 radical (unpaired) electrons. The molecule has 1 saturated heterocycles. The SMILES string of the molecule is CCCN(CCC)S(=O)(=O)c1cccc(-c2nn(-c3ccccc3)cc2/C=C2\SC(N3CCOCC3)=NC2=O)c1. The molecule has 0 atom stereocenters. The fourth-order valence-electron chi connectivity index (χ4n) is 4.66. The van der Waals surface area contributed by atoms with Gasteiger partial charge in [0.05, 0.1) is 28.7 Å². The molecule has 0 N–H and O–H groups in total. The van der Waals surface area contributed by atoms with Crippen LogP contribution in [0.3, 0.4) is 0 Å². The summed E-state index contributed by atoms with van der Waals surface area (Å²) < 4.78 is 35.8. The van der Waals surface area contributed by atoms with Gasteiger partial charge in [-0.1, -0.05) is 44.2 Å². The van der Waals surface area contributed by atoms with Crippen molar-refractivity contribution in [2.45, 2.75) is 31.6 Å². The average Bonchev–Trinajstić information content (AvgIpc) is 3.57. The zero-order chi connectivity index (χ0) is 28.1. The molecule has 0 unspecified atom stereocenters. The lowest BCUT2D eigenvalue weighted by Gasteiger charge is -2.27. The summed E-state index contributed by atoms with van der Waals surface area (Å²) in [6.45, 7) is 7.47. The predicted octanol–water partition coefficient (Wildman–Crippen LogP) is 4.65. The Balaban J connectivity index is 1.54. The summed E-state index contributed by atoms with van der Waals surface area (Å²) in [5.74, 6) is -0.295. The number of morpholine rings is 1. The number of sulfonamides is 1. The molecule has 1 fully saturated rings. The number of ether oxygens (including phenoxy) is 1. The van der Waals surface area contributed by atoms with Gasteiger partial charge in [0, 0.05) is 43.5 Å². The maximum atomic E-state index is 13.5. The Labute approximate surface area is 239 Å². The second-order valence-electron chi connectivity index (χ2n) is 9.55. The fourth-order valence-corrected chi connectivity index (χ4v) is 7.29. The molecule has 11 heteroatoms. The summed E-state index contributed by atoms with van der Waals surface area (Å²) in [4.78, 5) is 20.0. The Morgan fingerprint density at radius 3 is 2.45 bits per heavy atom. The van der Waals surface area contributed by atoms with E-state index in [0.29, 0.717) is 66.3 Å². The van der Waals surface area contributed by atoms with Gasteiger partial charge in [0.1, 0.15) is 5.69 Å². The zero-order valence-electron chi connectivity index (χ0n) is 22.7. The quantitative estimate of drug-likeness (QED) is 0.341. The molecule has 210 valence electrons. The van der Waals surface area contributed by atoms with E-state index in [2.05, 4.69) is 9.89 Å². The van der Waals surface area contributed by atoms with Crippen LogP contribution < -0.4 is 0 Å². The first-order chi connectivity index (χ1) is 19.4. The van der Waals surface area contributed by atoms with E-state index < -0.39 is 10.0 Å². The number of rotatable bonds is 9. The summed E-state index contributed by atoms with van der Waals surface area (Å²) in [6.07, 6.45) is 5.13. The maximum absolute atomic E-state index is 13.5. The van der Waals surface area contributed by atoms with Crippen molar-refractivity contribution in [2.24, 2.45) is 4.99 Å². The molecule has 0 saturated carbocycles. The zero-order valence-corrected chi connectivity index (χ0v) is 24.3. The van der Waals surface area contributed by atoms with Gasteiger partial charge < -0.3 is 9.64 Å². The molecule has 3 heterocycles. The van der Waals surface area contributed by atoms with E-state index in [4.69, 9.17) is 9.84 Å². The smallest absolute Gasteiger partial charge is 0.286 e. The highest BCUT2D eigenvalue weighted by Crippen LogP contribution is 2.34. The molecule has 0 bridgehead atoms. The van der Waals surface area contributed by atoms with Crippen molar-refractivity contribution >= 4 is 38.9 Å². The molecule has 2 aromatic carbocycles. The number of nitrogens with zero attached hydrogens (tertiary/aromatic N) is 5. The van der Waals surface area contributed by atoms with Crippen LogP contribution in [0.4, 0.5) is 0 Å². The number of para-hydroxylation sites is 1. The van der Waals surface area contributed by atoms with Crippen LogP contribution in [-0.4, -0.2) is 77.9 Å². The van der Waals surface area contributed by atoms with Crippen molar-refractivity contribution in [1.29, 1.82) is 0 Å². The van der Waals surface area contributed by atoms with E-state index in [1.54, 1.807) is 29.0 Å².